The molecule has 47 heavy (non-hydrogen) atoms. The first-order chi connectivity index (χ1) is 22.7. The topological polar surface area (TPSA) is 142 Å². The molecule has 2 aromatic rings. The number of carbonyl (C=O) groups excluding carboxylic acids is 2. The molecule has 0 aromatic heterocycles. The van der Waals surface area contributed by atoms with Crippen LogP contribution in [0.1, 0.15) is 108 Å². The molecule has 0 bridgehead atoms. The fraction of sp³-hybridized carbons (Fsp3) is 0.583. The van der Waals surface area contributed by atoms with Gasteiger partial charge in [-0.25, -0.2) is 4.79 Å². The lowest BCUT2D eigenvalue weighted by Gasteiger charge is -2.24. The zero-order valence-corrected chi connectivity index (χ0v) is 29.3. The molecule has 1 unspecified atom stereocenters. The van der Waals surface area contributed by atoms with E-state index in [1.807, 2.05) is 69.3 Å². The van der Waals surface area contributed by atoms with Gasteiger partial charge in [-0.05, 0) is 42.0 Å². The summed E-state index contributed by atoms with van der Waals surface area (Å²) in [5.74, 6) is -0.460. The monoisotopic (exact) mass is 654 g/mol. The molecule has 2 aliphatic heterocycles. The molecule has 1 fully saturated rings. The SMILES string of the molecule is CC.CCCCCCCCC.Cc1ccccc1CNCC(=O)N1CCCC1C(=O)NCB(O)O.O=C(O)N1Cc2ccccc2C1. The Balaban J connectivity index is 0.000000397. The van der Waals surface area contributed by atoms with Crippen molar-refractivity contribution in [1.29, 1.82) is 0 Å². The minimum Gasteiger partial charge on any atom is -0.465 e. The van der Waals surface area contributed by atoms with Crippen molar-refractivity contribution in [2.75, 3.05) is 19.5 Å². The molecule has 11 heteroatoms. The second-order valence-corrected chi connectivity index (χ2v) is 11.7. The standard InChI is InChI=1S/C16H24BN3O4.C9H9NO2.C9H20.C2H6/c1-12-5-2-3-6-13(12)9-18-10-15(21)20-8-4-7-14(20)16(22)19-11-17(23)24;11-9(12)10-5-7-3-1-2-4-8(7)6-10;1-3-5-7-9-8-6-4-2;1-2/h2-3,5-6,14,18,23-24H,4,7-11H2,1H3,(H,19,22);1-4H,5-6H2,(H,11,12);3-9H2,1-2H3;1-2H3. The van der Waals surface area contributed by atoms with E-state index in [-0.39, 0.29) is 24.8 Å². The molecule has 0 saturated carbocycles. The smallest absolute Gasteiger partial charge is 0.465 e. The molecule has 262 valence electrons. The second kappa shape index (κ2) is 24.7. The van der Waals surface area contributed by atoms with Crippen molar-refractivity contribution in [3.8, 4) is 0 Å². The van der Waals surface area contributed by atoms with E-state index in [0.717, 1.165) is 23.1 Å². The lowest BCUT2D eigenvalue weighted by Crippen LogP contribution is -2.50. The van der Waals surface area contributed by atoms with Crippen LogP contribution >= 0.6 is 0 Å². The summed E-state index contributed by atoms with van der Waals surface area (Å²) in [6, 6.07) is 15.2. The van der Waals surface area contributed by atoms with Gasteiger partial charge in [0.05, 0.1) is 13.0 Å². The molecular weight excluding hydrogens is 595 g/mol. The highest BCUT2D eigenvalue weighted by Crippen LogP contribution is 2.21. The number of benzene rings is 2. The van der Waals surface area contributed by atoms with Crippen LogP contribution in [-0.4, -0.2) is 75.6 Å². The number of hydrogen-bond acceptors (Lipinski definition) is 6. The molecule has 3 amide bonds. The van der Waals surface area contributed by atoms with Crippen LogP contribution in [0.2, 0.25) is 0 Å². The van der Waals surface area contributed by atoms with E-state index in [0.29, 0.717) is 32.6 Å². The second-order valence-electron chi connectivity index (χ2n) is 11.7. The highest BCUT2D eigenvalue weighted by molar-refractivity contribution is 6.41. The van der Waals surface area contributed by atoms with Crippen LogP contribution in [0.25, 0.3) is 0 Å². The van der Waals surface area contributed by atoms with Crippen LogP contribution in [0.15, 0.2) is 48.5 Å². The van der Waals surface area contributed by atoms with Gasteiger partial charge in [-0.2, -0.15) is 0 Å². The maximum Gasteiger partial charge on any atom is 0.472 e. The number of likely N-dealkylation sites (tertiary alicyclic amines) is 1. The number of aryl methyl sites for hydroxylation is 1. The van der Waals surface area contributed by atoms with Crippen molar-refractivity contribution < 1.29 is 29.5 Å². The molecular formula is C36H59BN4O6. The minimum atomic E-state index is -1.59. The minimum absolute atomic E-state index is 0.120. The Labute approximate surface area is 283 Å². The lowest BCUT2D eigenvalue weighted by atomic mass is 9.92. The predicted octanol–water partition coefficient (Wildman–Crippen LogP) is 5.67. The van der Waals surface area contributed by atoms with Crippen molar-refractivity contribution in [3.63, 3.8) is 0 Å². The summed E-state index contributed by atoms with van der Waals surface area (Å²) >= 11 is 0. The summed E-state index contributed by atoms with van der Waals surface area (Å²) in [6.45, 7) is 12.9. The van der Waals surface area contributed by atoms with Gasteiger partial charge in [0.2, 0.25) is 11.8 Å². The van der Waals surface area contributed by atoms with Crippen molar-refractivity contribution in [3.05, 3.63) is 70.8 Å². The van der Waals surface area contributed by atoms with E-state index in [9.17, 15) is 14.4 Å². The van der Waals surface area contributed by atoms with E-state index in [2.05, 4.69) is 24.5 Å². The molecule has 4 rings (SSSR count). The van der Waals surface area contributed by atoms with Gasteiger partial charge < -0.3 is 30.7 Å². The maximum atomic E-state index is 12.4. The van der Waals surface area contributed by atoms with Gasteiger partial charge in [-0.3, -0.25) is 14.5 Å². The third-order valence-corrected chi connectivity index (χ3v) is 8.01. The number of carbonyl (C=O) groups is 3. The van der Waals surface area contributed by atoms with Crippen molar-refractivity contribution in [2.24, 2.45) is 0 Å². The Morgan fingerprint density at radius 2 is 1.43 bits per heavy atom. The average Bonchev–Trinajstić information content (AvgIpc) is 3.75. The molecule has 1 atom stereocenters. The molecule has 2 heterocycles. The van der Waals surface area contributed by atoms with E-state index < -0.39 is 19.3 Å². The van der Waals surface area contributed by atoms with E-state index in [4.69, 9.17) is 15.2 Å². The molecule has 0 spiro atoms. The first kappa shape index (κ1) is 41.6. The van der Waals surface area contributed by atoms with Gasteiger partial charge in [0.25, 0.3) is 0 Å². The number of nitrogens with one attached hydrogen (secondary N) is 2. The third kappa shape index (κ3) is 16.3. The van der Waals surface area contributed by atoms with Crippen molar-refractivity contribution in [1.82, 2.24) is 20.4 Å². The Bertz CT molecular complexity index is 1150. The van der Waals surface area contributed by atoms with Crippen LogP contribution in [0.5, 0.6) is 0 Å². The van der Waals surface area contributed by atoms with Crippen LogP contribution in [0.3, 0.4) is 0 Å². The zero-order chi connectivity index (χ0) is 35.0. The third-order valence-electron chi connectivity index (χ3n) is 8.01. The average molecular weight is 655 g/mol. The largest absolute Gasteiger partial charge is 0.472 e. The van der Waals surface area contributed by atoms with Gasteiger partial charge in [-0.15, -0.1) is 0 Å². The van der Waals surface area contributed by atoms with Gasteiger partial charge in [0.1, 0.15) is 6.04 Å². The molecule has 1 saturated heterocycles. The number of nitrogens with zero attached hydrogens (tertiary/aromatic N) is 2. The molecule has 0 radical (unpaired) electrons. The number of carboxylic acid groups (broad SMARTS) is 1. The number of rotatable bonds is 13. The van der Waals surface area contributed by atoms with Gasteiger partial charge >= 0.3 is 13.2 Å². The Morgan fingerprint density at radius 1 is 0.872 bits per heavy atom. The van der Waals surface area contributed by atoms with Crippen molar-refractivity contribution >= 4 is 25.0 Å². The van der Waals surface area contributed by atoms with Gasteiger partial charge in [0, 0.05) is 26.2 Å². The summed E-state index contributed by atoms with van der Waals surface area (Å²) in [6.07, 6.45) is 10.3. The Morgan fingerprint density at radius 3 is 1.96 bits per heavy atom. The van der Waals surface area contributed by atoms with E-state index in [1.165, 1.54) is 55.4 Å². The zero-order valence-electron chi connectivity index (χ0n) is 29.3. The Hall–Kier alpha value is -3.41. The highest BCUT2D eigenvalue weighted by Gasteiger charge is 2.34. The van der Waals surface area contributed by atoms with E-state index >= 15 is 0 Å². The van der Waals surface area contributed by atoms with Crippen LogP contribution in [0.4, 0.5) is 4.79 Å². The van der Waals surface area contributed by atoms with Crippen LogP contribution in [-0.2, 0) is 29.2 Å². The van der Waals surface area contributed by atoms with E-state index in [1.54, 1.807) is 4.90 Å². The van der Waals surface area contributed by atoms with Gasteiger partial charge in [-0.1, -0.05) is 121 Å². The van der Waals surface area contributed by atoms with Crippen LogP contribution in [0, 0.1) is 6.92 Å². The normalized spacial score (nSPS) is 14.4. The lowest BCUT2D eigenvalue weighted by molar-refractivity contribution is -0.137. The predicted molar refractivity (Wildman–Crippen MR) is 190 cm³/mol. The Kier molecular flexibility index (Phi) is 21.9. The maximum absolute atomic E-state index is 12.4. The quantitative estimate of drug-likeness (QED) is 0.138. The summed E-state index contributed by atoms with van der Waals surface area (Å²) in [7, 11) is -1.59. The highest BCUT2D eigenvalue weighted by atomic mass is 16.4. The molecule has 5 N–H and O–H groups in total. The number of unbranched alkanes of at least 4 members (excludes halogenated alkanes) is 6. The summed E-state index contributed by atoms with van der Waals surface area (Å²) in [5.41, 5.74) is 4.55. The fourth-order valence-electron chi connectivity index (χ4n) is 5.36. The summed E-state index contributed by atoms with van der Waals surface area (Å²) in [4.78, 5) is 38.0. The van der Waals surface area contributed by atoms with Crippen LogP contribution < -0.4 is 10.6 Å². The van der Waals surface area contributed by atoms with Crippen molar-refractivity contribution in [2.45, 2.75) is 118 Å². The first-order valence-electron chi connectivity index (χ1n) is 17.4. The first-order valence-corrected chi connectivity index (χ1v) is 17.4. The molecule has 2 aliphatic rings. The fourth-order valence-corrected chi connectivity index (χ4v) is 5.36. The number of amides is 3. The molecule has 0 aliphatic carbocycles. The van der Waals surface area contributed by atoms with Gasteiger partial charge in [0.15, 0.2) is 0 Å². The number of hydrogen-bond donors (Lipinski definition) is 5. The summed E-state index contributed by atoms with van der Waals surface area (Å²) in [5, 5.41) is 31.9. The number of fused-ring (bicyclic) bond motifs is 1. The molecule has 10 nitrogen and oxygen atoms in total. The summed E-state index contributed by atoms with van der Waals surface area (Å²) < 4.78 is 0. The molecule has 2 aromatic carbocycles.